The second kappa shape index (κ2) is 7.12. The largest absolute Gasteiger partial charge is 0.491 e. The second-order valence-electron chi connectivity index (χ2n) is 6.89. The van der Waals surface area contributed by atoms with Gasteiger partial charge in [-0.2, -0.15) is 12.6 Å². The molecule has 2 rings (SSSR count). The van der Waals surface area contributed by atoms with E-state index in [1.807, 2.05) is 39.8 Å². The molecule has 0 saturated carbocycles. The van der Waals surface area contributed by atoms with Crippen LogP contribution in [0.1, 0.15) is 38.8 Å². The molecule has 1 aliphatic heterocycles. The molecule has 0 spiro atoms. The summed E-state index contributed by atoms with van der Waals surface area (Å²) in [6.45, 7) is 8.00. The van der Waals surface area contributed by atoms with Crippen LogP contribution in [-0.4, -0.2) is 35.1 Å². The molecule has 0 unspecified atom stereocenters. The summed E-state index contributed by atoms with van der Waals surface area (Å²) in [6.07, 6.45) is 1.82. The van der Waals surface area contributed by atoms with E-state index in [1.54, 1.807) is 12.1 Å². The van der Waals surface area contributed by atoms with Crippen molar-refractivity contribution in [1.82, 2.24) is 0 Å². The van der Waals surface area contributed by atoms with Crippen LogP contribution in [-0.2, 0) is 20.5 Å². The first-order valence-corrected chi connectivity index (χ1v) is 8.74. The predicted molar refractivity (Wildman–Crippen MR) is 101 cm³/mol. The molecule has 1 saturated heterocycles. The third-order valence-corrected chi connectivity index (χ3v) is 5.23. The van der Waals surface area contributed by atoms with Crippen LogP contribution in [0.5, 0.6) is 0 Å². The highest BCUT2D eigenvalue weighted by atomic mass is 35.5. The first-order valence-electron chi connectivity index (χ1n) is 7.73. The van der Waals surface area contributed by atoms with Gasteiger partial charge in [-0.25, -0.2) is 0 Å². The third kappa shape index (κ3) is 4.17. The molecule has 4 nitrogen and oxygen atoms in total. The number of benzene rings is 1. The maximum Gasteiger partial charge on any atom is 0.491 e. The van der Waals surface area contributed by atoms with E-state index < -0.39 is 24.3 Å². The first kappa shape index (κ1) is 19.4. The molecule has 0 radical (unpaired) electrons. The van der Waals surface area contributed by atoms with Crippen LogP contribution in [0.2, 0.25) is 5.02 Å². The molecule has 1 heterocycles. The zero-order chi connectivity index (χ0) is 18.1. The van der Waals surface area contributed by atoms with Gasteiger partial charge in [0.2, 0.25) is 0 Å². The highest BCUT2D eigenvalue weighted by molar-refractivity contribution is 7.80. The summed E-state index contributed by atoms with van der Waals surface area (Å²) in [4.78, 5) is 10.8. The van der Waals surface area contributed by atoms with Crippen molar-refractivity contribution in [3.8, 4) is 0 Å². The van der Waals surface area contributed by atoms with E-state index >= 15 is 0 Å². The molecule has 0 amide bonds. The average molecular weight is 369 g/mol. The minimum Gasteiger partial charge on any atom is -0.481 e. The summed E-state index contributed by atoms with van der Waals surface area (Å²) in [7, 11) is -0.468. The third-order valence-electron chi connectivity index (χ3n) is 4.51. The minimum absolute atomic E-state index is 0.0977. The van der Waals surface area contributed by atoms with Crippen LogP contribution in [0.3, 0.4) is 0 Å². The van der Waals surface area contributed by atoms with Crippen molar-refractivity contribution < 1.29 is 19.2 Å². The molecule has 1 aromatic carbocycles. The summed E-state index contributed by atoms with van der Waals surface area (Å²) in [5.41, 5.74) is 1.50. The second-order valence-corrected chi connectivity index (χ2v) is 7.61. The molecule has 1 aliphatic rings. The Morgan fingerprint density at radius 2 is 1.88 bits per heavy atom. The van der Waals surface area contributed by atoms with Gasteiger partial charge < -0.3 is 14.4 Å². The molecule has 130 valence electrons. The van der Waals surface area contributed by atoms with Gasteiger partial charge >= 0.3 is 13.1 Å². The lowest BCUT2D eigenvalue weighted by molar-refractivity contribution is -0.136. The standard InChI is InChI=1S/C17H22BClO4S/c1-16(2)17(3,4)23-18(22-16)13(10-24)7-11-5-6-12(9-15(20)21)14(19)8-11/h5-8,24H,9-10H2,1-4H3,(H,20,21). The van der Waals surface area contributed by atoms with Gasteiger partial charge in [0.15, 0.2) is 0 Å². The van der Waals surface area contributed by atoms with Crippen molar-refractivity contribution >= 4 is 43.4 Å². The van der Waals surface area contributed by atoms with E-state index in [4.69, 9.17) is 26.0 Å². The van der Waals surface area contributed by atoms with Crippen LogP contribution in [0.15, 0.2) is 23.7 Å². The van der Waals surface area contributed by atoms with Crippen LogP contribution in [0.25, 0.3) is 6.08 Å². The molecule has 0 atom stereocenters. The van der Waals surface area contributed by atoms with E-state index in [1.165, 1.54) is 0 Å². The highest BCUT2D eigenvalue weighted by Gasteiger charge is 2.52. The molecule has 7 heteroatoms. The van der Waals surface area contributed by atoms with Gasteiger partial charge in [-0.15, -0.1) is 0 Å². The fraction of sp³-hybridized carbons (Fsp3) is 0.471. The Kier molecular flexibility index (Phi) is 5.75. The summed E-state index contributed by atoms with van der Waals surface area (Å²) in [6, 6.07) is 5.30. The van der Waals surface area contributed by atoms with Crippen molar-refractivity contribution in [2.24, 2.45) is 0 Å². The lowest BCUT2D eigenvalue weighted by atomic mass is 9.78. The van der Waals surface area contributed by atoms with E-state index in [-0.39, 0.29) is 6.42 Å². The van der Waals surface area contributed by atoms with Crippen LogP contribution in [0, 0.1) is 0 Å². The Hall–Kier alpha value is -0.945. The summed E-state index contributed by atoms with van der Waals surface area (Å²) < 4.78 is 12.1. The van der Waals surface area contributed by atoms with Gasteiger partial charge in [-0.05, 0) is 50.4 Å². The van der Waals surface area contributed by atoms with Gasteiger partial charge in [-0.1, -0.05) is 29.8 Å². The van der Waals surface area contributed by atoms with Gasteiger partial charge in [0, 0.05) is 10.8 Å². The van der Waals surface area contributed by atoms with Crippen molar-refractivity contribution in [2.75, 3.05) is 5.75 Å². The number of halogens is 1. The molecule has 24 heavy (non-hydrogen) atoms. The lowest BCUT2D eigenvalue weighted by Gasteiger charge is -2.32. The molecular formula is C17H22BClO4S. The number of carbonyl (C=O) groups is 1. The van der Waals surface area contributed by atoms with Crippen molar-refractivity contribution in [1.29, 1.82) is 0 Å². The van der Waals surface area contributed by atoms with Crippen LogP contribution >= 0.6 is 24.2 Å². The zero-order valence-electron chi connectivity index (χ0n) is 14.3. The number of thiol groups is 1. The maximum atomic E-state index is 10.8. The Bertz CT molecular complexity index is 657. The Morgan fingerprint density at radius 1 is 1.29 bits per heavy atom. The van der Waals surface area contributed by atoms with Crippen molar-refractivity contribution in [3.05, 3.63) is 39.8 Å². The molecule has 0 bridgehead atoms. The van der Waals surface area contributed by atoms with E-state index in [9.17, 15) is 4.79 Å². The fourth-order valence-electron chi connectivity index (χ4n) is 2.36. The molecule has 1 aromatic rings. The lowest BCUT2D eigenvalue weighted by Crippen LogP contribution is -2.41. The Morgan fingerprint density at radius 3 is 2.33 bits per heavy atom. The van der Waals surface area contributed by atoms with Crippen LogP contribution < -0.4 is 0 Å². The number of aliphatic carboxylic acids is 1. The molecule has 0 aromatic heterocycles. The fourth-order valence-corrected chi connectivity index (χ4v) is 2.85. The molecular weight excluding hydrogens is 347 g/mol. The van der Waals surface area contributed by atoms with Gasteiger partial charge in [-0.3, -0.25) is 4.79 Å². The Labute approximate surface area is 153 Å². The molecule has 1 fully saturated rings. The number of carboxylic acids is 1. The van der Waals surface area contributed by atoms with Crippen molar-refractivity contribution in [2.45, 2.75) is 45.3 Å². The van der Waals surface area contributed by atoms with Gasteiger partial charge in [0.05, 0.1) is 17.6 Å². The predicted octanol–water partition coefficient (Wildman–Crippen LogP) is 3.91. The number of hydrogen-bond donors (Lipinski definition) is 2. The van der Waals surface area contributed by atoms with Gasteiger partial charge in [0.1, 0.15) is 0 Å². The molecule has 1 N–H and O–H groups in total. The van der Waals surface area contributed by atoms with Crippen molar-refractivity contribution in [3.63, 3.8) is 0 Å². The Balaban J connectivity index is 2.25. The number of carboxylic acid groups (broad SMARTS) is 1. The maximum absolute atomic E-state index is 10.8. The normalized spacial score (nSPS) is 19.6. The number of rotatable bonds is 5. The monoisotopic (exact) mass is 368 g/mol. The zero-order valence-corrected chi connectivity index (χ0v) is 15.9. The quantitative estimate of drug-likeness (QED) is 0.611. The minimum atomic E-state index is -0.909. The van der Waals surface area contributed by atoms with E-state index in [2.05, 4.69) is 12.6 Å². The number of hydrogen-bond acceptors (Lipinski definition) is 4. The van der Waals surface area contributed by atoms with E-state index in [0.717, 1.165) is 11.0 Å². The van der Waals surface area contributed by atoms with E-state index in [0.29, 0.717) is 16.3 Å². The summed E-state index contributed by atoms with van der Waals surface area (Å²) in [5.74, 6) is -0.431. The summed E-state index contributed by atoms with van der Waals surface area (Å²) >= 11 is 10.6. The molecule has 0 aliphatic carbocycles. The summed E-state index contributed by atoms with van der Waals surface area (Å²) in [5, 5.41) is 9.30. The first-order chi connectivity index (χ1) is 11.1. The highest BCUT2D eigenvalue weighted by Crippen LogP contribution is 2.39. The SMILES string of the molecule is CC1(C)OB(C(=Cc2ccc(CC(=O)O)c(Cl)c2)CS)OC1(C)C. The smallest absolute Gasteiger partial charge is 0.481 e. The average Bonchev–Trinajstić information content (AvgIpc) is 2.67. The van der Waals surface area contributed by atoms with Gasteiger partial charge in [0.25, 0.3) is 0 Å². The van der Waals surface area contributed by atoms with Crippen LogP contribution in [0.4, 0.5) is 0 Å². The topological polar surface area (TPSA) is 55.8 Å².